The van der Waals surface area contributed by atoms with Crippen molar-refractivity contribution in [2.75, 3.05) is 13.2 Å². The lowest BCUT2D eigenvalue weighted by molar-refractivity contribution is 0.221. The Morgan fingerprint density at radius 3 is 2.93 bits per heavy atom. The van der Waals surface area contributed by atoms with Crippen LogP contribution in [-0.2, 0) is 6.42 Å². The zero-order valence-electron chi connectivity index (χ0n) is 7.59. The zero-order valence-corrected chi connectivity index (χ0v) is 7.59. The minimum atomic E-state index is -0.604. The number of fused-ring (bicyclic) bond motifs is 1. The van der Waals surface area contributed by atoms with Gasteiger partial charge in [-0.2, -0.15) is 0 Å². The van der Waals surface area contributed by atoms with Crippen LogP contribution in [0.4, 0.5) is 8.78 Å². The predicted molar refractivity (Wildman–Crippen MR) is 48.1 cm³/mol. The highest BCUT2D eigenvalue weighted by atomic mass is 19.1. The third-order valence-electron chi connectivity index (χ3n) is 2.42. The normalized spacial score (nSPS) is 20.1. The van der Waals surface area contributed by atoms with Crippen molar-refractivity contribution in [1.29, 1.82) is 0 Å². The first-order valence-electron chi connectivity index (χ1n) is 4.51. The maximum atomic E-state index is 13.3. The topological polar surface area (TPSA) is 35.2 Å². The van der Waals surface area contributed by atoms with Crippen LogP contribution in [0.3, 0.4) is 0 Å². The molecule has 0 bridgehead atoms. The Kier molecular flexibility index (Phi) is 2.37. The van der Waals surface area contributed by atoms with Crippen molar-refractivity contribution in [1.82, 2.24) is 0 Å². The van der Waals surface area contributed by atoms with Crippen LogP contribution in [0.5, 0.6) is 5.75 Å². The largest absolute Gasteiger partial charge is 0.493 e. The molecule has 0 aliphatic carbocycles. The number of ether oxygens (including phenoxy) is 1. The minimum absolute atomic E-state index is 0.127. The Labute approximate surface area is 80.7 Å². The van der Waals surface area contributed by atoms with Gasteiger partial charge in [-0.3, -0.25) is 0 Å². The van der Waals surface area contributed by atoms with Gasteiger partial charge in [-0.15, -0.1) is 0 Å². The lowest BCUT2D eigenvalue weighted by Gasteiger charge is -2.24. The van der Waals surface area contributed by atoms with Crippen LogP contribution in [0.2, 0.25) is 0 Å². The van der Waals surface area contributed by atoms with E-state index in [9.17, 15) is 8.78 Å². The van der Waals surface area contributed by atoms with E-state index in [0.717, 1.165) is 6.07 Å². The van der Waals surface area contributed by atoms with Crippen LogP contribution in [-0.4, -0.2) is 13.2 Å². The molecule has 1 aromatic carbocycles. The van der Waals surface area contributed by atoms with Gasteiger partial charge in [0, 0.05) is 23.6 Å². The van der Waals surface area contributed by atoms with Crippen molar-refractivity contribution in [3.8, 4) is 5.75 Å². The highest BCUT2D eigenvalue weighted by Crippen LogP contribution is 2.30. The second kappa shape index (κ2) is 3.53. The average Bonchev–Trinajstić information content (AvgIpc) is 2.17. The van der Waals surface area contributed by atoms with Crippen LogP contribution >= 0.6 is 0 Å². The van der Waals surface area contributed by atoms with Crippen LogP contribution in [0.15, 0.2) is 12.1 Å². The fourth-order valence-corrected chi connectivity index (χ4v) is 1.61. The summed E-state index contributed by atoms with van der Waals surface area (Å²) < 4.78 is 31.3. The Balaban J connectivity index is 2.37. The number of hydrogen-bond donors (Lipinski definition) is 1. The highest BCUT2D eigenvalue weighted by Gasteiger charge is 2.22. The van der Waals surface area contributed by atoms with E-state index in [1.54, 1.807) is 0 Å². The Hall–Kier alpha value is -1.16. The van der Waals surface area contributed by atoms with Crippen molar-refractivity contribution in [3.05, 3.63) is 29.3 Å². The molecule has 0 amide bonds. The van der Waals surface area contributed by atoms with Crippen LogP contribution < -0.4 is 10.5 Å². The Morgan fingerprint density at radius 1 is 1.43 bits per heavy atom. The number of rotatable bonds is 1. The molecule has 0 radical (unpaired) electrons. The lowest BCUT2D eigenvalue weighted by atomic mass is 9.96. The molecule has 0 spiro atoms. The van der Waals surface area contributed by atoms with Gasteiger partial charge in [-0.1, -0.05) is 0 Å². The van der Waals surface area contributed by atoms with E-state index in [1.807, 2.05) is 0 Å². The smallest absolute Gasteiger partial charge is 0.133 e. The van der Waals surface area contributed by atoms with Gasteiger partial charge in [0.25, 0.3) is 0 Å². The van der Waals surface area contributed by atoms with Crippen LogP contribution in [0, 0.1) is 17.6 Å². The second-order valence-corrected chi connectivity index (χ2v) is 3.48. The molecule has 2 N–H and O–H groups in total. The van der Waals surface area contributed by atoms with Gasteiger partial charge in [-0.25, -0.2) is 8.78 Å². The van der Waals surface area contributed by atoms with Crippen molar-refractivity contribution in [3.63, 3.8) is 0 Å². The number of halogens is 2. The monoisotopic (exact) mass is 199 g/mol. The molecule has 2 rings (SSSR count). The summed E-state index contributed by atoms with van der Waals surface area (Å²) in [7, 11) is 0. The second-order valence-electron chi connectivity index (χ2n) is 3.48. The van der Waals surface area contributed by atoms with E-state index in [0.29, 0.717) is 30.9 Å². The zero-order chi connectivity index (χ0) is 10.1. The van der Waals surface area contributed by atoms with E-state index >= 15 is 0 Å². The Morgan fingerprint density at radius 2 is 2.21 bits per heavy atom. The highest BCUT2D eigenvalue weighted by molar-refractivity contribution is 5.37. The van der Waals surface area contributed by atoms with Crippen molar-refractivity contribution in [2.45, 2.75) is 6.42 Å². The van der Waals surface area contributed by atoms with E-state index in [2.05, 4.69) is 0 Å². The van der Waals surface area contributed by atoms with E-state index in [4.69, 9.17) is 10.5 Å². The molecule has 2 nitrogen and oxygen atoms in total. The lowest BCUT2D eigenvalue weighted by Crippen LogP contribution is -2.28. The van der Waals surface area contributed by atoms with Gasteiger partial charge < -0.3 is 10.5 Å². The minimum Gasteiger partial charge on any atom is -0.493 e. The van der Waals surface area contributed by atoms with Crippen molar-refractivity contribution in [2.24, 2.45) is 11.7 Å². The first-order chi connectivity index (χ1) is 6.70. The average molecular weight is 199 g/mol. The summed E-state index contributed by atoms with van der Waals surface area (Å²) in [5, 5.41) is 0. The number of nitrogens with two attached hydrogens (primary N) is 1. The number of hydrogen-bond acceptors (Lipinski definition) is 2. The molecule has 1 heterocycles. The fraction of sp³-hybridized carbons (Fsp3) is 0.400. The summed E-state index contributed by atoms with van der Waals surface area (Å²) >= 11 is 0. The van der Waals surface area contributed by atoms with E-state index in [1.165, 1.54) is 6.07 Å². The van der Waals surface area contributed by atoms with Gasteiger partial charge in [0.15, 0.2) is 0 Å². The Bertz CT molecular complexity index is 354. The first kappa shape index (κ1) is 9.40. The summed E-state index contributed by atoms with van der Waals surface area (Å²) in [4.78, 5) is 0. The molecule has 4 heteroatoms. The SMILES string of the molecule is NCC1COc2cc(F)cc(F)c2C1. The quantitative estimate of drug-likeness (QED) is 0.743. The van der Waals surface area contributed by atoms with Crippen molar-refractivity contribution >= 4 is 0 Å². The summed E-state index contributed by atoms with van der Waals surface area (Å²) in [6.07, 6.45) is 0.526. The van der Waals surface area contributed by atoms with Gasteiger partial charge >= 0.3 is 0 Å². The molecule has 0 fully saturated rings. The molecule has 0 saturated heterocycles. The van der Waals surface area contributed by atoms with Crippen molar-refractivity contribution < 1.29 is 13.5 Å². The third kappa shape index (κ3) is 1.57. The summed E-state index contributed by atoms with van der Waals surface area (Å²) in [6.45, 7) is 0.892. The molecule has 1 aliphatic heterocycles. The van der Waals surface area contributed by atoms with Gasteiger partial charge in [0.1, 0.15) is 17.4 Å². The molecule has 14 heavy (non-hydrogen) atoms. The maximum Gasteiger partial charge on any atom is 0.133 e. The maximum absolute atomic E-state index is 13.3. The molecule has 0 saturated carbocycles. The molecular formula is C10H11F2NO. The van der Waals surface area contributed by atoms with Gasteiger partial charge in [-0.05, 0) is 13.0 Å². The molecule has 1 unspecified atom stereocenters. The fourth-order valence-electron chi connectivity index (χ4n) is 1.61. The summed E-state index contributed by atoms with van der Waals surface area (Å²) in [6, 6.07) is 2.09. The predicted octanol–water partition coefficient (Wildman–Crippen LogP) is 1.47. The van der Waals surface area contributed by atoms with Gasteiger partial charge in [0.2, 0.25) is 0 Å². The van der Waals surface area contributed by atoms with Gasteiger partial charge in [0.05, 0.1) is 6.61 Å². The first-order valence-corrected chi connectivity index (χ1v) is 4.51. The molecule has 0 aromatic heterocycles. The van der Waals surface area contributed by atoms with Crippen LogP contribution in [0.25, 0.3) is 0 Å². The molecule has 1 atom stereocenters. The number of benzene rings is 1. The van der Waals surface area contributed by atoms with E-state index in [-0.39, 0.29) is 5.92 Å². The molecule has 76 valence electrons. The van der Waals surface area contributed by atoms with Crippen LogP contribution in [0.1, 0.15) is 5.56 Å². The summed E-state index contributed by atoms with van der Waals surface area (Å²) in [5.41, 5.74) is 5.90. The molecule has 1 aromatic rings. The summed E-state index contributed by atoms with van der Waals surface area (Å²) in [5.74, 6) is -0.708. The standard InChI is InChI=1S/C10H11F2NO/c11-7-2-9(12)8-1-6(4-13)5-14-10(8)3-7/h2-3,6H,1,4-5,13H2. The molecular weight excluding hydrogens is 188 g/mol. The third-order valence-corrected chi connectivity index (χ3v) is 2.42. The molecule has 1 aliphatic rings. The van der Waals surface area contributed by atoms with E-state index < -0.39 is 11.6 Å².